The monoisotopic (exact) mass is 346 g/mol. The predicted octanol–water partition coefficient (Wildman–Crippen LogP) is 3.47. The molecule has 0 aliphatic heterocycles. The van der Waals surface area contributed by atoms with Gasteiger partial charge in [-0.15, -0.1) is 0 Å². The summed E-state index contributed by atoms with van der Waals surface area (Å²) in [7, 11) is 0. The highest BCUT2D eigenvalue weighted by Crippen LogP contribution is 2.26. The molecule has 0 saturated heterocycles. The van der Waals surface area contributed by atoms with E-state index in [0.717, 1.165) is 11.1 Å². The molecule has 6 nitrogen and oxygen atoms in total. The fourth-order valence-corrected chi connectivity index (χ4v) is 2.39. The lowest BCUT2D eigenvalue weighted by Crippen LogP contribution is -2.14. The second-order valence-electron chi connectivity index (χ2n) is 4.28. The average molecular weight is 347 g/mol. The second-order valence-corrected chi connectivity index (χ2v) is 5.03. The first-order valence-electron chi connectivity index (χ1n) is 6.20. The van der Waals surface area contributed by atoms with Gasteiger partial charge in [0.1, 0.15) is 11.2 Å². The Balaban J connectivity index is 1.69. The number of hydrogen-bond acceptors (Lipinski definition) is 4. The van der Waals surface area contributed by atoms with Crippen molar-refractivity contribution < 1.29 is 9.53 Å². The predicted molar refractivity (Wildman–Crippen MR) is 81.8 cm³/mol. The van der Waals surface area contributed by atoms with Crippen molar-refractivity contribution in [3.8, 4) is 0 Å². The Bertz CT molecular complexity index is 773. The molecular weight excluding hydrogens is 336 g/mol. The molecular formula is C14H11BrN4O2. The smallest absolute Gasteiger partial charge is 0.413 e. The van der Waals surface area contributed by atoms with E-state index >= 15 is 0 Å². The van der Waals surface area contributed by atoms with Crippen LogP contribution in [0.2, 0.25) is 0 Å². The van der Waals surface area contributed by atoms with Crippen molar-refractivity contribution in [2.75, 3.05) is 5.32 Å². The minimum absolute atomic E-state index is 0.203. The third kappa shape index (κ3) is 3.03. The van der Waals surface area contributed by atoms with Crippen molar-refractivity contribution >= 4 is 38.7 Å². The van der Waals surface area contributed by atoms with E-state index in [0.29, 0.717) is 15.8 Å². The zero-order valence-corrected chi connectivity index (χ0v) is 12.4. The molecule has 0 spiro atoms. The molecule has 21 heavy (non-hydrogen) atoms. The number of ether oxygens (including phenoxy) is 1. The summed E-state index contributed by atoms with van der Waals surface area (Å²) in [6.45, 7) is 0.203. The minimum atomic E-state index is -0.567. The second kappa shape index (κ2) is 5.92. The number of halogens is 1. The van der Waals surface area contributed by atoms with Crippen LogP contribution in [0, 0.1) is 0 Å². The molecule has 1 amide bonds. The highest BCUT2D eigenvalue weighted by Gasteiger charge is 2.13. The zero-order chi connectivity index (χ0) is 14.7. The molecule has 0 aliphatic carbocycles. The van der Waals surface area contributed by atoms with E-state index in [2.05, 4.69) is 36.4 Å². The first-order chi connectivity index (χ1) is 10.2. The topological polar surface area (TPSA) is 79.9 Å². The fourth-order valence-electron chi connectivity index (χ4n) is 1.87. The molecule has 0 unspecified atom stereocenters. The summed E-state index contributed by atoms with van der Waals surface area (Å²) in [5, 5.41) is 10.2. The number of aromatic nitrogens is 3. The van der Waals surface area contributed by atoms with Crippen LogP contribution in [0.25, 0.3) is 10.9 Å². The van der Waals surface area contributed by atoms with Crippen LogP contribution in [0.1, 0.15) is 5.56 Å². The van der Waals surface area contributed by atoms with Crippen molar-refractivity contribution in [3.05, 3.63) is 52.8 Å². The summed E-state index contributed by atoms with van der Waals surface area (Å²) in [5.41, 5.74) is 1.69. The molecule has 1 aromatic carbocycles. The van der Waals surface area contributed by atoms with Gasteiger partial charge in [0, 0.05) is 6.20 Å². The molecule has 3 rings (SSSR count). The number of amides is 1. The van der Waals surface area contributed by atoms with E-state index in [-0.39, 0.29) is 6.61 Å². The number of H-pyrrole nitrogens is 1. The number of nitrogens with one attached hydrogen (secondary N) is 2. The number of hydrogen-bond donors (Lipinski definition) is 2. The number of aromatic amines is 1. The summed E-state index contributed by atoms with van der Waals surface area (Å²) in [6.07, 6.45) is 1.07. The molecule has 2 aromatic heterocycles. The number of fused-ring (bicyclic) bond motifs is 1. The normalized spacial score (nSPS) is 10.5. The van der Waals surface area contributed by atoms with E-state index < -0.39 is 6.09 Å². The summed E-state index contributed by atoms with van der Waals surface area (Å²) in [6, 6.07) is 11.2. The largest absolute Gasteiger partial charge is 0.444 e. The zero-order valence-electron chi connectivity index (χ0n) is 10.8. The summed E-state index contributed by atoms with van der Waals surface area (Å²) >= 11 is 3.33. The number of anilines is 1. The standard InChI is InChI=1S/C14H11BrN4O2/c15-12-11-10(6-7-16-12)18-19-13(11)17-14(20)21-8-9-4-2-1-3-5-9/h1-7H,8H2,(H2,17,18,19,20). The van der Waals surface area contributed by atoms with Gasteiger partial charge in [-0.05, 0) is 27.6 Å². The molecule has 0 atom stereocenters. The van der Waals surface area contributed by atoms with Crippen molar-refractivity contribution in [2.24, 2.45) is 0 Å². The summed E-state index contributed by atoms with van der Waals surface area (Å²) in [5.74, 6) is 0.378. The first kappa shape index (κ1) is 13.6. The Morgan fingerprint density at radius 3 is 2.90 bits per heavy atom. The third-order valence-electron chi connectivity index (χ3n) is 2.86. The Hall–Kier alpha value is -2.41. The van der Waals surface area contributed by atoms with Gasteiger partial charge in [0.15, 0.2) is 5.82 Å². The van der Waals surface area contributed by atoms with Gasteiger partial charge in [0.05, 0.1) is 10.9 Å². The van der Waals surface area contributed by atoms with E-state index in [9.17, 15) is 4.79 Å². The van der Waals surface area contributed by atoms with E-state index in [1.54, 1.807) is 12.3 Å². The lowest BCUT2D eigenvalue weighted by Gasteiger charge is -2.05. The Kier molecular flexibility index (Phi) is 3.83. The maximum atomic E-state index is 11.8. The van der Waals surface area contributed by atoms with Gasteiger partial charge in [0.25, 0.3) is 0 Å². The van der Waals surface area contributed by atoms with Crippen LogP contribution >= 0.6 is 15.9 Å². The first-order valence-corrected chi connectivity index (χ1v) is 6.99. The van der Waals surface area contributed by atoms with E-state index in [4.69, 9.17) is 4.74 Å². The van der Waals surface area contributed by atoms with Crippen molar-refractivity contribution in [1.82, 2.24) is 15.2 Å². The van der Waals surface area contributed by atoms with Crippen molar-refractivity contribution in [1.29, 1.82) is 0 Å². The van der Waals surface area contributed by atoms with Gasteiger partial charge in [-0.2, -0.15) is 5.10 Å². The molecule has 0 bridgehead atoms. The molecule has 2 heterocycles. The van der Waals surface area contributed by atoms with Gasteiger partial charge in [0.2, 0.25) is 0 Å². The van der Waals surface area contributed by atoms with Crippen LogP contribution < -0.4 is 5.32 Å². The van der Waals surface area contributed by atoms with Gasteiger partial charge in [-0.1, -0.05) is 30.3 Å². The van der Waals surface area contributed by atoms with Crippen molar-refractivity contribution in [2.45, 2.75) is 6.61 Å². The highest BCUT2D eigenvalue weighted by atomic mass is 79.9. The molecule has 106 valence electrons. The van der Waals surface area contributed by atoms with Gasteiger partial charge < -0.3 is 4.74 Å². The van der Waals surface area contributed by atoms with Crippen molar-refractivity contribution in [3.63, 3.8) is 0 Å². The molecule has 3 aromatic rings. The van der Waals surface area contributed by atoms with E-state index in [1.807, 2.05) is 30.3 Å². The number of nitrogens with zero attached hydrogens (tertiary/aromatic N) is 2. The average Bonchev–Trinajstić information content (AvgIpc) is 2.91. The Morgan fingerprint density at radius 2 is 2.10 bits per heavy atom. The molecule has 0 fully saturated rings. The highest BCUT2D eigenvalue weighted by molar-refractivity contribution is 9.10. The lowest BCUT2D eigenvalue weighted by molar-refractivity contribution is 0.155. The number of carbonyl (C=O) groups is 1. The van der Waals surface area contributed by atoms with Crippen LogP contribution in [0.15, 0.2) is 47.2 Å². The Morgan fingerprint density at radius 1 is 1.29 bits per heavy atom. The fraction of sp³-hybridized carbons (Fsp3) is 0.0714. The lowest BCUT2D eigenvalue weighted by atomic mass is 10.2. The molecule has 0 radical (unpaired) electrons. The minimum Gasteiger partial charge on any atom is -0.444 e. The number of pyridine rings is 1. The Labute approximate surface area is 128 Å². The van der Waals surface area contributed by atoms with Crippen LogP contribution in [0.3, 0.4) is 0 Å². The van der Waals surface area contributed by atoms with Crippen LogP contribution in [-0.2, 0) is 11.3 Å². The third-order valence-corrected chi connectivity index (χ3v) is 3.46. The molecule has 0 saturated carbocycles. The number of benzene rings is 1. The number of carbonyl (C=O) groups excluding carboxylic acids is 1. The molecule has 0 aliphatic rings. The molecule has 7 heteroatoms. The van der Waals surface area contributed by atoms with Gasteiger partial charge in [-0.3, -0.25) is 10.4 Å². The summed E-state index contributed by atoms with van der Waals surface area (Å²) in [4.78, 5) is 15.9. The van der Waals surface area contributed by atoms with Gasteiger partial charge in [-0.25, -0.2) is 9.78 Å². The quantitative estimate of drug-likeness (QED) is 0.711. The van der Waals surface area contributed by atoms with E-state index in [1.165, 1.54) is 0 Å². The summed E-state index contributed by atoms with van der Waals surface area (Å²) < 4.78 is 5.75. The van der Waals surface area contributed by atoms with Crippen LogP contribution in [0.4, 0.5) is 10.6 Å². The maximum absolute atomic E-state index is 11.8. The van der Waals surface area contributed by atoms with Gasteiger partial charge >= 0.3 is 6.09 Å². The molecule has 2 N–H and O–H groups in total. The maximum Gasteiger partial charge on any atom is 0.413 e. The van der Waals surface area contributed by atoms with Crippen LogP contribution in [-0.4, -0.2) is 21.3 Å². The van der Waals surface area contributed by atoms with Crippen LogP contribution in [0.5, 0.6) is 0 Å². The SMILES string of the molecule is O=C(Nc1n[nH]c2ccnc(Br)c12)OCc1ccccc1. The number of rotatable bonds is 3.